The Hall–Kier alpha value is -1.02. The van der Waals surface area contributed by atoms with Gasteiger partial charge in [0.25, 0.3) is 0 Å². The van der Waals surface area contributed by atoms with Gasteiger partial charge in [0.2, 0.25) is 0 Å². The molecule has 94 valence electrons. The van der Waals surface area contributed by atoms with Gasteiger partial charge in [0, 0.05) is 12.0 Å². The van der Waals surface area contributed by atoms with Crippen LogP contribution in [0.1, 0.15) is 44.1 Å². The van der Waals surface area contributed by atoms with Crippen LogP contribution in [-0.2, 0) is 5.41 Å². The normalized spacial score (nSPS) is 19.6. The molecule has 0 heterocycles. The van der Waals surface area contributed by atoms with Gasteiger partial charge in [-0.05, 0) is 30.5 Å². The molecule has 0 aromatic heterocycles. The average Bonchev–Trinajstić information content (AvgIpc) is 2.65. The smallest absolute Gasteiger partial charge is 0.119 e. The lowest BCUT2D eigenvalue weighted by Crippen LogP contribution is -2.34. The molecule has 0 bridgehead atoms. The Morgan fingerprint density at radius 3 is 2.47 bits per heavy atom. The maximum absolute atomic E-state index is 6.09. The monoisotopic (exact) mass is 233 g/mol. The van der Waals surface area contributed by atoms with Gasteiger partial charge >= 0.3 is 0 Å². The van der Waals surface area contributed by atoms with Crippen LogP contribution in [0, 0.1) is 0 Å². The third-order valence-electron chi connectivity index (χ3n) is 4.13. The summed E-state index contributed by atoms with van der Waals surface area (Å²) in [6.45, 7) is 0.750. The lowest BCUT2D eigenvalue weighted by molar-refractivity contribution is 0.374. The lowest BCUT2D eigenvalue weighted by Gasteiger charge is -2.32. The summed E-state index contributed by atoms with van der Waals surface area (Å²) in [6, 6.07) is 8.46. The standard InChI is InChI=1S/C15H23NO/c1-17-14-8-6-7-13(11-14)15(12-16)9-4-2-3-5-10-15/h6-8,11H,2-5,9-10,12,16H2,1H3. The van der Waals surface area contributed by atoms with Gasteiger partial charge in [0.05, 0.1) is 7.11 Å². The maximum Gasteiger partial charge on any atom is 0.119 e. The summed E-state index contributed by atoms with van der Waals surface area (Å²) < 4.78 is 5.33. The molecule has 1 aromatic carbocycles. The molecule has 0 saturated heterocycles. The van der Waals surface area contributed by atoms with Crippen LogP contribution in [0.5, 0.6) is 5.75 Å². The minimum atomic E-state index is 0.186. The van der Waals surface area contributed by atoms with Crippen LogP contribution in [0.4, 0.5) is 0 Å². The number of hydrogen-bond acceptors (Lipinski definition) is 2. The van der Waals surface area contributed by atoms with Crippen LogP contribution < -0.4 is 10.5 Å². The van der Waals surface area contributed by atoms with Gasteiger partial charge in [-0.1, -0.05) is 37.8 Å². The molecule has 0 atom stereocenters. The van der Waals surface area contributed by atoms with E-state index in [2.05, 4.69) is 18.2 Å². The second-order valence-electron chi connectivity index (χ2n) is 5.13. The Labute approximate surface area is 104 Å². The zero-order chi connectivity index (χ0) is 12.1. The molecule has 1 fully saturated rings. The Morgan fingerprint density at radius 1 is 1.18 bits per heavy atom. The summed E-state index contributed by atoms with van der Waals surface area (Å²) in [4.78, 5) is 0. The van der Waals surface area contributed by atoms with Gasteiger partial charge in [-0.15, -0.1) is 0 Å². The van der Waals surface area contributed by atoms with Gasteiger partial charge in [-0.25, -0.2) is 0 Å². The van der Waals surface area contributed by atoms with Gasteiger partial charge in [-0.2, -0.15) is 0 Å². The molecule has 1 aliphatic carbocycles. The van der Waals surface area contributed by atoms with Crippen molar-refractivity contribution in [3.63, 3.8) is 0 Å². The first-order chi connectivity index (χ1) is 8.30. The van der Waals surface area contributed by atoms with E-state index in [0.717, 1.165) is 12.3 Å². The molecular weight excluding hydrogens is 210 g/mol. The van der Waals surface area contributed by atoms with Crippen molar-refractivity contribution in [1.29, 1.82) is 0 Å². The van der Waals surface area contributed by atoms with E-state index in [1.165, 1.54) is 44.1 Å². The van der Waals surface area contributed by atoms with Crippen LogP contribution in [0.25, 0.3) is 0 Å². The second kappa shape index (κ2) is 5.54. The SMILES string of the molecule is COc1cccc(C2(CN)CCCCCC2)c1. The maximum atomic E-state index is 6.09. The van der Waals surface area contributed by atoms with Gasteiger partial charge < -0.3 is 10.5 Å². The fraction of sp³-hybridized carbons (Fsp3) is 0.600. The summed E-state index contributed by atoms with van der Waals surface area (Å²) in [5, 5.41) is 0. The zero-order valence-electron chi connectivity index (χ0n) is 10.7. The summed E-state index contributed by atoms with van der Waals surface area (Å²) in [5.41, 5.74) is 7.64. The van der Waals surface area contributed by atoms with Crippen molar-refractivity contribution in [2.75, 3.05) is 13.7 Å². The minimum Gasteiger partial charge on any atom is -0.497 e. The van der Waals surface area contributed by atoms with Gasteiger partial charge in [0.15, 0.2) is 0 Å². The average molecular weight is 233 g/mol. The van der Waals surface area contributed by atoms with E-state index < -0.39 is 0 Å². The molecule has 0 aliphatic heterocycles. The number of benzene rings is 1. The topological polar surface area (TPSA) is 35.2 Å². The summed E-state index contributed by atoms with van der Waals surface area (Å²) in [7, 11) is 1.72. The van der Waals surface area contributed by atoms with Crippen molar-refractivity contribution in [2.24, 2.45) is 5.73 Å². The van der Waals surface area contributed by atoms with E-state index in [1.807, 2.05) is 6.07 Å². The Bertz CT molecular complexity index is 354. The summed E-state index contributed by atoms with van der Waals surface area (Å²) >= 11 is 0. The minimum absolute atomic E-state index is 0.186. The van der Waals surface area contributed by atoms with Crippen molar-refractivity contribution in [3.05, 3.63) is 29.8 Å². The van der Waals surface area contributed by atoms with E-state index in [9.17, 15) is 0 Å². The van der Waals surface area contributed by atoms with Crippen molar-refractivity contribution in [2.45, 2.75) is 43.9 Å². The third kappa shape index (κ3) is 2.63. The Balaban J connectivity index is 2.31. The van der Waals surface area contributed by atoms with Crippen molar-refractivity contribution < 1.29 is 4.74 Å². The number of nitrogens with two attached hydrogens (primary N) is 1. The zero-order valence-corrected chi connectivity index (χ0v) is 10.7. The van der Waals surface area contributed by atoms with E-state index in [-0.39, 0.29) is 5.41 Å². The molecule has 2 rings (SSSR count). The molecule has 1 aromatic rings. The quantitative estimate of drug-likeness (QED) is 0.813. The van der Waals surface area contributed by atoms with Crippen LogP contribution in [0.2, 0.25) is 0 Å². The fourth-order valence-corrected chi connectivity index (χ4v) is 2.97. The molecule has 0 amide bonds. The number of ether oxygens (including phenoxy) is 1. The van der Waals surface area contributed by atoms with Crippen molar-refractivity contribution in [3.8, 4) is 5.75 Å². The molecule has 2 heteroatoms. The number of methoxy groups -OCH3 is 1. The fourth-order valence-electron chi connectivity index (χ4n) is 2.97. The molecule has 0 radical (unpaired) electrons. The van der Waals surface area contributed by atoms with Crippen molar-refractivity contribution in [1.82, 2.24) is 0 Å². The van der Waals surface area contributed by atoms with E-state index >= 15 is 0 Å². The van der Waals surface area contributed by atoms with Gasteiger partial charge in [-0.3, -0.25) is 0 Å². The van der Waals surface area contributed by atoms with Crippen LogP contribution in [0.15, 0.2) is 24.3 Å². The lowest BCUT2D eigenvalue weighted by atomic mass is 9.74. The Kier molecular flexibility index (Phi) is 4.06. The predicted molar refractivity (Wildman–Crippen MR) is 71.4 cm³/mol. The van der Waals surface area contributed by atoms with Crippen LogP contribution >= 0.6 is 0 Å². The number of hydrogen-bond donors (Lipinski definition) is 1. The first-order valence-corrected chi connectivity index (χ1v) is 6.65. The van der Waals surface area contributed by atoms with Crippen LogP contribution in [-0.4, -0.2) is 13.7 Å². The molecule has 17 heavy (non-hydrogen) atoms. The molecule has 2 nitrogen and oxygen atoms in total. The van der Waals surface area contributed by atoms with Gasteiger partial charge in [0.1, 0.15) is 5.75 Å². The van der Waals surface area contributed by atoms with Crippen LogP contribution in [0.3, 0.4) is 0 Å². The molecule has 0 spiro atoms. The largest absolute Gasteiger partial charge is 0.497 e. The first kappa shape index (κ1) is 12.4. The van der Waals surface area contributed by atoms with Crippen molar-refractivity contribution >= 4 is 0 Å². The molecule has 1 saturated carbocycles. The molecule has 2 N–H and O–H groups in total. The first-order valence-electron chi connectivity index (χ1n) is 6.65. The second-order valence-corrected chi connectivity index (χ2v) is 5.13. The molecule has 0 unspecified atom stereocenters. The van der Waals surface area contributed by atoms with E-state index in [1.54, 1.807) is 7.11 Å². The highest BCUT2D eigenvalue weighted by Gasteiger charge is 2.31. The summed E-state index contributed by atoms with van der Waals surface area (Å²) in [6.07, 6.45) is 7.74. The summed E-state index contributed by atoms with van der Waals surface area (Å²) in [5.74, 6) is 0.944. The van der Waals surface area contributed by atoms with E-state index in [0.29, 0.717) is 0 Å². The molecule has 1 aliphatic rings. The highest BCUT2D eigenvalue weighted by Crippen LogP contribution is 2.38. The highest BCUT2D eigenvalue weighted by molar-refractivity contribution is 5.34. The number of rotatable bonds is 3. The Morgan fingerprint density at radius 2 is 1.88 bits per heavy atom. The van der Waals surface area contributed by atoms with E-state index in [4.69, 9.17) is 10.5 Å². The highest BCUT2D eigenvalue weighted by atomic mass is 16.5. The predicted octanol–water partition coefficient (Wildman–Crippen LogP) is 3.25. The third-order valence-corrected chi connectivity index (χ3v) is 4.13. The molecular formula is C15H23NO.